The highest BCUT2D eigenvalue weighted by Gasteiger charge is 2.35. The van der Waals surface area contributed by atoms with Crippen molar-refractivity contribution in [2.24, 2.45) is 0 Å². The van der Waals surface area contributed by atoms with Gasteiger partial charge in [-0.15, -0.1) is 0 Å². The lowest BCUT2D eigenvalue weighted by Gasteiger charge is -2.20. The molecule has 6 heteroatoms. The molecule has 0 unspecified atom stereocenters. The maximum Gasteiger partial charge on any atom is 0.263 e. The lowest BCUT2D eigenvalue weighted by Crippen LogP contribution is -2.21. The standard InChI is InChI=1S/C21H11Cl4NO/c22-15-6-3-7-16(23)14(15)11-13-12-5-1-2-10-19(12)26(21(13)27)20-17(24)8-4-9-18(20)25/h1-11H/b13-11+. The first-order chi connectivity index (χ1) is 13.0. The smallest absolute Gasteiger partial charge is 0.263 e. The van der Waals surface area contributed by atoms with Crippen LogP contribution in [0.2, 0.25) is 20.1 Å². The van der Waals surface area contributed by atoms with E-state index < -0.39 is 0 Å². The second kappa shape index (κ2) is 7.21. The molecule has 3 aromatic rings. The van der Waals surface area contributed by atoms with Crippen molar-refractivity contribution in [3.8, 4) is 0 Å². The van der Waals surface area contributed by atoms with Gasteiger partial charge >= 0.3 is 0 Å². The van der Waals surface area contributed by atoms with Crippen molar-refractivity contribution in [3.05, 3.63) is 91.9 Å². The molecule has 0 spiro atoms. The van der Waals surface area contributed by atoms with Crippen LogP contribution < -0.4 is 4.90 Å². The van der Waals surface area contributed by atoms with Crippen molar-refractivity contribution in [3.63, 3.8) is 0 Å². The van der Waals surface area contributed by atoms with E-state index in [1.807, 2.05) is 24.3 Å². The molecule has 0 radical (unpaired) electrons. The van der Waals surface area contributed by atoms with Gasteiger partial charge in [0.15, 0.2) is 0 Å². The number of hydrogen-bond acceptors (Lipinski definition) is 1. The van der Waals surface area contributed by atoms with Gasteiger partial charge in [-0.25, -0.2) is 0 Å². The van der Waals surface area contributed by atoms with Crippen LogP contribution in [0.25, 0.3) is 11.6 Å². The molecule has 0 fully saturated rings. The highest BCUT2D eigenvalue weighted by molar-refractivity contribution is 6.45. The zero-order valence-electron chi connectivity index (χ0n) is 13.7. The van der Waals surface area contributed by atoms with Gasteiger partial charge in [0.25, 0.3) is 5.91 Å². The van der Waals surface area contributed by atoms with Gasteiger partial charge in [0.05, 0.1) is 27.0 Å². The average Bonchev–Trinajstić information content (AvgIpc) is 2.91. The number of rotatable bonds is 2. The minimum Gasteiger partial charge on any atom is -0.273 e. The van der Waals surface area contributed by atoms with Gasteiger partial charge in [0, 0.05) is 21.2 Å². The number of nitrogens with zero attached hydrogens (tertiary/aromatic N) is 1. The molecule has 0 aliphatic carbocycles. The first-order valence-electron chi connectivity index (χ1n) is 8.02. The van der Waals surface area contributed by atoms with E-state index in [4.69, 9.17) is 46.4 Å². The summed E-state index contributed by atoms with van der Waals surface area (Å²) in [5, 5.41) is 1.72. The maximum absolute atomic E-state index is 13.3. The second-order valence-electron chi connectivity index (χ2n) is 5.92. The van der Waals surface area contributed by atoms with Gasteiger partial charge in [0.1, 0.15) is 0 Å². The molecule has 0 bridgehead atoms. The SMILES string of the molecule is O=C1/C(=C/c2c(Cl)cccc2Cl)c2ccccc2N1c1c(Cl)cccc1Cl. The van der Waals surface area contributed by atoms with Crippen LogP contribution in [0.4, 0.5) is 11.4 Å². The molecule has 1 aliphatic heterocycles. The monoisotopic (exact) mass is 433 g/mol. The summed E-state index contributed by atoms with van der Waals surface area (Å²) in [6, 6.07) is 17.8. The number of carbonyl (C=O) groups excluding carboxylic acids is 1. The topological polar surface area (TPSA) is 20.3 Å². The lowest BCUT2D eigenvalue weighted by molar-refractivity contribution is -0.112. The fourth-order valence-electron chi connectivity index (χ4n) is 3.10. The van der Waals surface area contributed by atoms with Crippen LogP contribution >= 0.6 is 46.4 Å². The zero-order valence-corrected chi connectivity index (χ0v) is 16.7. The molecular weight excluding hydrogens is 424 g/mol. The summed E-state index contributed by atoms with van der Waals surface area (Å²) in [6.07, 6.45) is 1.70. The van der Waals surface area contributed by atoms with E-state index in [1.165, 1.54) is 4.90 Å². The zero-order chi connectivity index (χ0) is 19.1. The predicted molar refractivity (Wildman–Crippen MR) is 114 cm³/mol. The van der Waals surface area contributed by atoms with Gasteiger partial charge in [-0.05, 0) is 36.4 Å². The predicted octanol–water partition coefficient (Wildman–Crippen LogP) is 7.52. The third kappa shape index (κ3) is 3.13. The fourth-order valence-corrected chi connectivity index (χ4v) is 4.17. The molecule has 0 aromatic heterocycles. The van der Waals surface area contributed by atoms with Crippen LogP contribution in [-0.4, -0.2) is 5.91 Å². The van der Waals surface area contributed by atoms with Crippen molar-refractivity contribution in [1.29, 1.82) is 0 Å². The fraction of sp³-hybridized carbons (Fsp3) is 0. The number of fused-ring (bicyclic) bond motifs is 1. The number of amides is 1. The lowest BCUT2D eigenvalue weighted by atomic mass is 10.0. The normalized spacial score (nSPS) is 14.7. The summed E-state index contributed by atoms with van der Waals surface area (Å²) >= 11 is 25.3. The van der Waals surface area contributed by atoms with E-state index in [2.05, 4.69) is 0 Å². The largest absolute Gasteiger partial charge is 0.273 e. The number of halogens is 4. The Balaban J connectivity index is 1.95. The third-order valence-electron chi connectivity index (χ3n) is 4.32. The Morgan fingerprint density at radius 2 is 1.26 bits per heavy atom. The number of anilines is 2. The van der Waals surface area contributed by atoms with E-state index in [9.17, 15) is 4.79 Å². The van der Waals surface area contributed by atoms with E-state index >= 15 is 0 Å². The quantitative estimate of drug-likeness (QED) is 0.382. The first-order valence-corrected chi connectivity index (χ1v) is 9.54. The van der Waals surface area contributed by atoms with Crippen molar-refractivity contribution in [1.82, 2.24) is 0 Å². The van der Waals surface area contributed by atoms with Crippen LogP contribution in [-0.2, 0) is 4.79 Å². The molecule has 2 nitrogen and oxygen atoms in total. The molecule has 4 rings (SSSR count). The summed E-state index contributed by atoms with van der Waals surface area (Å²) in [6.45, 7) is 0. The first kappa shape index (κ1) is 18.4. The van der Waals surface area contributed by atoms with Crippen molar-refractivity contribution in [2.75, 3.05) is 4.90 Å². The molecule has 3 aromatic carbocycles. The van der Waals surface area contributed by atoms with Gasteiger partial charge < -0.3 is 0 Å². The third-order valence-corrected chi connectivity index (χ3v) is 5.59. The van der Waals surface area contributed by atoms with Gasteiger partial charge in [-0.2, -0.15) is 0 Å². The molecular formula is C21H11Cl4NO. The van der Waals surface area contributed by atoms with Crippen LogP contribution in [0.5, 0.6) is 0 Å². The Morgan fingerprint density at radius 3 is 1.89 bits per heavy atom. The number of hydrogen-bond donors (Lipinski definition) is 0. The number of carbonyl (C=O) groups is 1. The van der Waals surface area contributed by atoms with E-state index in [-0.39, 0.29) is 5.91 Å². The Morgan fingerprint density at radius 1 is 0.704 bits per heavy atom. The highest BCUT2D eigenvalue weighted by Crippen LogP contribution is 2.47. The van der Waals surface area contributed by atoms with Gasteiger partial charge in [-0.1, -0.05) is 76.7 Å². The van der Waals surface area contributed by atoms with Crippen LogP contribution in [0.1, 0.15) is 11.1 Å². The summed E-state index contributed by atoms with van der Waals surface area (Å²) < 4.78 is 0. The molecule has 134 valence electrons. The van der Waals surface area contributed by atoms with Crippen LogP contribution in [0.3, 0.4) is 0 Å². The van der Waals surface area contributed by atoms with E-state index in [0.717, 1.165) is 5.56 Å². The molecule has 1 amide bonds. The van der Waals surface area contributed by atoms with Crippen molar-refractivity contribution in [2.45, 2.75) is 0 Å². The minimum atomic E-state index is -0.248. The average molecular weight is 435 g/mol. The van der Waals surface area contributed by atoms with Gasteiger partial charge in [0.2, 0.25) is 0 Å². The summed E-state index contributed by atoms with van der Waals surface area (Å²) in [7, 11) is 0. The number of benzene rings is 3. The summed E-state index contributed by atoms with van der Waals surface area (Å²) in [5.74, 6) is -0.248. The number of para-hydroxylation sites is 2. The second-order valence-corrected chi connectivity index (χ2v) is 7.55. The highest BCUT2D eigenvalue weighted by atomic mass is 35.5. The van der Waals surface area contributed by atoms with Crippen molar-refractivity contribution < 1.29 is 4.79 Å². The van der Waals surface area contributed by atoms with E-state index in [0.29, 0.717) is 42.6 Å². The molecule has 27 heavy (non-hydrogen) atoms. The molecule has 1 heterocycles. The summed E-state index contributed by atoms with van der Waals surface area (Å²) in [4.78, 5) is 14.9. The Kier molecular flexibility index (Phi) is 4.92. The molecule has 0 atom stereocenters. The summed E-state index contributed by atoms with van der Waals surface area (Å²) in [5.41, 5.74) is 2.97. The Labute approximate surface area is 176 Å². The molecule has 1 aliphatic rings. The minimum absolute atomic E-state index is 0.248. The Bertz CT molecular complexity index is 1070. The molecule has 0 saturated carbocycles. The Hall–Kier alpha value is -1.97. The van der Waals surface area contributed by atoms with Crippen molar-refractivity contribution >= 4 is 75.3 Å². The van der Waals surface area contributed by atoms with Crippen LogP contribution in [0.15, 0.2) is 60.7 Å². The molecule has 0 N–H and O–H groups in total. The van der Waals surface area contributed by atoms with E-state index in [1.54, 1.807) is 42.5 Å². The molecule has 0 saturated heterocycles. The van der Waals surface area contributed by atoms with Crippen LogP contribution in [0, 0.1) is 0 Å². The van der Waals surface area contributed by atoms with Gasteiger partial charge in [-0.3, -0.25) is 9.69 Å². The maximum atomic E-state index is 13.3.